The SMILES string of the molecule is Cc1ccc(-n2ccnc(SCC(=O)Nc3ccc(F)cc3)c2=O)cc1. The quantitative estimate of drug-likeness (QED) is 0.700. The molecule has 26 heavy (non-hydrogen) atoms. The zero-order chi connectivity index (χ0) is 18.5. The molecule has 1 N–H and O–H groups in total. The van der Waals surface area contributed by atoms with Gasteiger partial charge in [0.1, 0.15) is 5.82 Å². The van der Waals surface area contributed by atoms with E-state index in [2.05, 4.69) is 10.3 Å². The van der Waals surface area contributed by atoms with Gasteiger partial charge in [-0.2, -0.15) is 0 Å². The third-order valence-electron chi connectivity index (χ3n) is 3.59. The van der Waals surface area contributed by atoms with Crippen LogP contribution in [0.5, 0.6) is 0 Å². The van der Waals surface area contributed by atoms with E-state index >= 15 is 0 Å². The fraction of sp³-hybridized carbons (Fsp3) is 0.105. The first kappa shape index (κ1) is 17.9. The van der Waals surface area contributed by atoms with Crippen LogP contribution >= 0.6 is 11.8 Å². The minimum absolute atomic E-state index is 0.0253. The Hall–Kier alpha value is -2.93. The van der Waals surface area contributed by atoms with E-state index in [0.29, 0.717) is 5.69 Å². The lowest BCUT2D eigenvalue weighted by Gasteiger charge is -2.08. The summed E-state index contributed by atoms with van der Waals surface area (Å²) in [6.07, 6.45) is 3.12. The summed E-state index contributed by atoms with van der Waals surface area (Å²) in [5, 5.41) is 2.89. The van der Waals surface area contributed by atoms with Crippen molar-refractivity contribution in [3.05, 3.63) is 82.7 Å². The van der Waals surface area contributed by atoms with Crippen LogP contribution in [0.2, 0.25) is 0 Å². The third-order valence-corrected chi connectivity index (χ3v) is 4.55. The summed E-state index contributed by atoms with van der Waals surface area (Å²) in [5.74, 6) is -0.645. The average molecular weight is 369 g/mol. The maximum atomic E-state index is 12.9. The molecule has 0 aliphatic heterocycles. The van der Waals surface area contributed by atoms with Crippen LogP contribution in [0, 0.1) is 12.7 Å². The molecule has 1 amide bonds. The number of aromatic nitrogens is 2. The molecule has 0 saturated heterocycles. The molecule has 0 saturated carbocycles. The van der Waals surface area contributed by atoms with Crippen molar-refractivity contribution in [2.24, 2.45) is 0 Å². The van der Waals surface area contributed by atoms with Gasteiger partial charge >= 0.3 is 0 Å². The van der Waals surface area contributed by atoms with E-state index < -0.39 is 0 Å². The minimum Gasteiger partial charge on any atom is -0.325 e. The Balaban J connectivity index is 1.69. The van der Waals surface area contributed by atoms with Gasteiger partial charge in [-0.1, -0.05) is 29.5 Å². The van der Waals surface area contributed by atoms with Gasteiger partial charge in [0.25, 0.3) is 5.56 Å². The van der Waals surface area contributed by atoms with Crippen molar-refractivity contribution >= 4 is 23.4 Å². The van der Waals surface area contributed by atoms with Gasteiger partial charge in [0.2, 0.25) is 5.91 Å². The molecule has 0 bridgehead atoms. The maximum absolute atomic E-state index is 12.9. The van der Waals surface area contributed by atoms with Crippen LogP contribution in [0.1, 0.15) is 5.56 Å². The van der Waals surface area contributed by atoms with Crippen LogP contribution < -0.4 is 10.9 Å². The predicted octanol–water partition coefficient (Wildman–Crippen LogP) is 3.41. The molecule has 0 spiro atoms. The van der Waals surface area contributed by atoms with E-state index in [-0.39, 0.29) is 28.1 Å². The summed E-state index contributed by atoms with van der Waals surface area (Å²) < 4.78 is 14.4. The lowest BCUT2D eigenvalue weighted by molar-refractivity contribution is -0.113. The Kier molecular flexibility index (Phi) is 5.48. The number of anilines is 1. The molecule has 0 unspecified atom stereocenters. The van der Waals surface area contributed by atoms with E-state index in [4.69, 9.17) is 0 Å². The van der Waals surface area contributed by atoms with Gasteiger partial charge in [-0.3, -0.25) is 14.2 Å². The molecule has 2 aromatic carbocycles. The van der Waals surface area contributed by atoms with Gasteiger partial charge in [0, 0.05) is 23.8 Å². The fourth-order valence-electron chi connectivity index (χ4n) is 2.27. The molecule has 0 radical (unpaired) electrons. The van der Waals surface area contributed by atoms with E-state index in [1.54, 1.807) is 6.20 Å². The summed E-state index contributed by atoms with van der Waals surface area (Å²) in [7, 11) is 0. The maximum Gasteiger partial charge on any atom is 0.287 e. The number of rotatable bonds is 5. The van der Waals surface area contributed by atoms with E-state index in [9.17, 15) is 14.0 Å². The topological polar surface area (TPSA) is 64.0 Å². The van der Waals surface area contributed by atoms with Gasteiger partial charge in [0.15, 0.2) is 5.03 Å². The van der Waals surface area contributed by atoms with Gasteiger partial charge in [-0.25, -0.2) is 9.37 Å². The standard InChI is InChI=1S/C19H16FN3O2S/c1-13-2-8-16(9-3-13)23-11-10-21-18(19(23)25)26-12-17(24)22-15-6-4-14(20)5-7-15/h2-11H,12H2,1H3,(H,22,24). The van der Waals surface area contributed by atoms with Crippen molar-refractivity contribution in [1.82, 2.24) is 9.55 Å². The average Bonchev–Trinajstić information content (AvgIpc) is 2.64. The molecule has 0 aliphatic rings. The summed E-state index contributed by atoms with van der Waals surface area (Å²) in [5.41, 5.74) is 2.05. The Morgan fingerprint density at radius 2 is 1.85 bits per heavy atom. The number of thioether (sulfide) groups is 1. The first-order valence-corrected chi connectivity index (χ1v) is 8.84. The normalized spacial score (nSPS) is 10.5. The summed E-state index contributed by atoms with van der Waals surface area (Å²) >= 11 is 1.06. The minimum atomic E-state index is -0.373. The first-order valence-electron chi connectivity index (χ1n) is 7.86. The number of hydrogen-bond acceptors (Lipinski definition) is 4. The molecule has 0 fully saturated rings. The Bertz CT molecular complexity index is 969. The predicted molar refractivity (Wildman–Crippen MR) is 100 cm³/mol. The Morgan fingerprint density at radius 1 is 1.15 bits per heavy atom. The van der Waals surface area contributed by atoms with Crippen molar-refractivity contribution in [2.45, 2.75) is 11.9 Å². The smallest absolute Gasteiger partial charge is 0.287 e. The highest BCUT2D eigenvalue weighted by molar-refractivity contribution is 7.99. The molecule has 3 rings (SSSR count). The van der Waals surface area contributed by atoms with Crippen LogP contribution in [0.3, 0.4) is 0 Å². The van der Waals surface area contributed by atoms with Crippen LogP contribution in [0.15, 0.2) is 70.7 Å². The third kappa shape index (κ3) is 4.37. The zero-order valence-electron chi connectivity index (χ0n) is 14.0. The van der Waals surface area contributed by atoms with Crippen molar-refractivity contribution in [3.63, 3.8) is 0 Å². The fourth-order valence-corrected chi connectivity index (χ4v) is 2.96. The molecular formula is C19H16FN3O2S. The summed E-state index contributed by atoms with van der Waals surface area (Å²) in [4.78, 5) is 28.7. The molecule has 5 nitrogen and oxygen atoms in total. The van der Waals surface area contributed by atoms with Crippen molar-refractivity contribution in [3.8, 4) is 5.69 Å². The Morgan fingerprint density at radius 3 is 2.54 bits per heavy atom. The molecule has 7 heteroatoms. The van der Waals surface area contributed by atoms with Gasteiger partial charge < -0.3 is 5.32 Å². The van der Waals surface area contributed by atoms with Gasteiger partial charge in [-0.15, -0.1) is 0 Å². The molecule has 3 aromatic rings. The molecule has 0 atom stereocenters. The van der Waals surface area contributed by atoms with Gasteiger partial charge in [-0.05, 0) is 43.3 Å². The number of nitrogens with one attached hydrogen (secondary N) is 1. The lowest BCUT2D eigenvalue weighted by Crippen LogP contribution is -2.22. The number of hydrogen-bond donors (Lipinski definition) is 1. The number of halogens is 1. The van der Waals surface area contributed by atoms with Gasteiger partial charge in [0.05, 0.1) is 5.75 Å². The Labute approximate surface area is 153 Å². The summed E-state index contributed by atoms with van der Waals surface area (Å²) in [6, 6.07) is 13.0. The second kappa shape index (κ2) is 7.97. The van der Waals surface area contributed by atoms with Crippen molar-refractivity contribution in [1.29, 1.82) is 0 Å². The lowest BCUT2D eigenvalue weighted by atomic mass is 10.2. The number of benzene rings is 2. The second-order valence-electron chi connectivity index (χ2n) is 5.59. The monoisotopic (exact) mass is 369 g/mol. The number of amides is 1. The molecular weight excluding hydrogens is 353 g/mol. The highest BCUT2D eigenvalue weighted by Crippen LogP contribution is 2.14. The molecule has 1 aromatic heterocycles. The van der Waals surface area contributed by atoms with Crippen LogP contribution in [0.25, 0.3) is 5.69 Å². The van der Waals surface area contributed by atoms with Crippen LogP contribution in [-0.4, -0.2) is 21.2 Å². The summed E-state index contributed by atoms with van der Waals surface area (Å²) in [6.45, 7) is 1.97. The van der Waals surface area contributed by atoms with Crippen molar-refractivity contribution in [2.75, 3.05) is 11.1 Å². The van der Waals surface area contributed by atoms with Crippen molar-refractivity contribution < 1.29 is 9.18 Å². The van der Waals surface area contributed by atoms with Crippen LogP contribution in [-0.2, 0) is 4.79 Å². The van der Waals surface area contributed by atoms with E-state index in [1.807, 2.05) is 31.2 Å². The molecule has 132 valence electrons. The molecule has 0 aliphatic carbocycles. The number of aryl methyl sites for hydroxylation is 1. The van der Waals surface area contributed by atoms with E-state index in [1.165, 1.54) is 35.0 Å². The van der Waals surface area contributed by atoms with Crippen LogP contribution in [0.4, 0.5) is 10.1 Å². The number of nitrogens with zero attached hydrogens (tertiary/aromatic N) is 2. The number of carbonyl (C=O) groups excluding carboxylic acids is 1. The number of carbonyl (C=O) groups is 1. The highest BCUT2D eigenvalue weighted by atomic mass is 32.2. The highest BCUT2D eigenvalue weighted by Gasteiger charge is 2.10. The second-order valence-corrected chi connectivity index (χ2v) is 6.55. The van der Waals surface area contributed by atoms with E-state index in [0.717, 1.165) is 23.0 Å². The zero-order valence-corrected chi connectivity index (χ0v) is 14.8. The first-order chi connectivity index (χ1) is 12.5. The molecule has 1 heterocycles. The largest absolute Gasteiger partial charge is 0.325 e.